The van der Waals surface area contributed by atoms with Crippen LogP contribution in [-0.2, 0) is 0 Å². The van der Waals surface area contributed by atoms with Crippen LogP contribution in [-0.4, -0.2) is 11.8 Å². The van der Waals surface area contributed by atoms with Crippen molar-refractivity contribution in [2.75, 3.05) is 0 Å². The minimum Gasteiger partial charge on any atom is -0.457 e. The van der Waals surface area contributed by atoms with Gasteiger partial charge in [-0.2, -0.15) is 0 Å². The highest BCUT2D eigenvalue weighted by Crippen LogP contribution is 2.22. The van der Waals surface area contributed by atoms with Crippen molar-refractivity contribution in [2.24, 2.45) is 10.2 Å². The molecular formula is C14H8N6O3. The number of benzene rings is 2. The van der Waals surface area contributed by atoms with Crippen molar-refractivity contribution in [1.82, 2.24) is 0 Å². The molecule has 112 valence electrons. The highest BCUT2D eigenvalue weighted by atomic mass is 16.5. The van der Waals surface area contributed by atoms with Gasteiger partial charge in [0.2, 0.25) is 11.8 Å². The standard InChI is InChI=1S/C14H8N6O3/c15-19-17-13(21)9-1-5-11(6-2-9)23-12-7-3-10(4-8-12)14(22)18-20-16/h1-8H. The number of nitrogens with zero attached hydrogens (tertiary/aromatic N) is 6. The highest BCUT2D eigenvalue weighted by molar-refractivity contribution is 5.95. The number of hydrogen-bond donors (Lipinski definition) is 0. The van der Waals surface area contributed by atoms with Crippen molar-refractivity contribution in [1.29, 1.82) is 0 Å². The molecule has 0 aliphatic heterocycles. The summed E-state index contributed by atoms with van der Waals surface area (Å²) in [6, 6.07) is 12.0. The second-order valence-corrected chi connectivity index (χ2v) is 4.14. The summed E-state index contributed by atoms with van der Waals surface area (Å²) in [6.45, 7) is 0. The van der Waals surface area contributed by atoms with E-state index >= 15 is 0 Å². The van der Waals surface area contributed by atoms with Gasteiger partial charge in [0.25, 0.3) is 0 Å². The van der Waals surface area contributed by atoms with E-state index in [2.05, 4.69) is 20.1 Å². The Bertz CT molecular complexity index is 760. The van der Waals surface area contributed by atoms with E-state index in [9.17, 15) is 9.59 Å². The van der Waals surface area contributed by atoms with Gasteiger partial charge >= 0.3 is 0 Å². The maximum absolute atomic E-state index is 11.3. The Morgan fingerprint density at radius 2 is 1.09 bits per heavy atom. The first kappa shape index (κ1) is 15.6. The third-order valence-corrected chi connectivity index (χ3v) is 2.71. The monoisotopic (exact) mass is 308 g/mol. The Balaban J connectivity index is 2.10. The zero-order chi connectivity index (χ0) is 16.7. The summed E-state index contributed by atoms with van der Waals surface area (Å²) < 4.78 is 5.54. The van der Waals surface area contributed by atoms with E-state index in [-0.39, 0.29) is 11.1 Å². The van der Waals surface area contributed by atoms with Crippen LogP contribution in [0.2, 0.25) is 0 Å². The molecule has 2 aromatic rings. The maximum atomic E-state index is 11.3. The number of carbonyl (C=O) groups excluding carboxylic acids is 2. The van der Waals surface area contributed by atoms with Crippen LogP contribution < -0.4 is 4.74 Å². The van der Waals surface area contributed by atoms with Crippen molar-refractivity contribution in [2.45, 2.75) is 0 Å². The molecule has 0 bridgehead atoms. The van der Waals surface area contributed by atoms with Gasteiger partial charge in [-0.25, -0.2) is 0 Å². The third-order valence-electron chi connectivity index (χ3n) is 2.71. The van der Waals surface area contributed by atoms with Crippen molar-refractivity contribution < 1.29 is 14.3 Å². The zero-order valence-corrected chi connectivity index (χ0v) is 11.5. The van der Waals surface area contributed by atoms with Gasteiger partial charge in [-0.05, 0) is 69.8 Å². The van der Waals surface area contributed by atoms with E-state index in [1.807, 2.05) is 0 Å². The van der Waals surface area contributed by atoms with E-state index in [1.54, 1.807) is 24.3 Å². The van der Waals surface area contributed by atoms with Gasteiger partial charge in [0, 0.05) is 21.0 Å². The summed E-state index contributed by atoms with van der Waals surface area (Å²) in [4.78, 5) is 27.5. The fourth-order valence-electron chi connectivity index (χ4n) is 1.66. The molecule has 0 aliphatic carbocycles. The van der Waals surface area contributed by atoms with Crippen LogP contribution in [0.5, 0.6) is 11.5 Å². The summed E-state index contributed by atoms with van der Waals surface area (Å²) in [5.41, 5.74) is 16.9. The molecule has 9 heteroatoms. The van der Waals surface area contributed by atoms with Crippen LogP contribution in [0.15, 0.2) is 58.8 Å². The molecule has 0 spiro atoms. The number of rotatable bonds is 4. The molecule has 0 saturated carbocycles. The predicted molar refractivity (Wildman–Crippen MR) is 79.9 cm³/mol. The first-order valence-electron chi connectivity index (χ1n) is 6.21. The van der Waals surface area contributed by atoms with Crippen LogP contribution in [0, 0.1) is 0 Å². The Kier molecular flexibility index (Phi) is 4.93. The van der Waals surface area contributed by atoms with E-state index in [0.29, 0.717) is 11.5 Å². The number of hydrogen-bond acceptors (Lipinski definition) is 3. The van der Waals surface area contributed by atoms with Crippen LogP contribution >= 0.6 is 0 Å². The fourth-order valence-corrected chi connectivity index (χ4v) is 1.66. The average molecular weight is 308 g/mol. The molecule has 0 unspecified atom stereocenters. The second kappa shape index (κ2) is 7.28. The molecule has 2 aromatic carbocycles. The second-order valence-electron chi connectivity index (χ2n) is 4.14. The lowest BCUT2D eigenvalue weighted by Crippen LogP contribution is -1.94. The summed E-state index contributed by atoms with van der Waals surface area (Å²) in [5.74, 6) is -0.451. The number of ether oxygens (including phenoxy) is 1. The van der Waals surface area contributed by atoms with E-state index < -0.39 is 11.8 Å². The fraction of sp³-hybridized carbons (Fsp3) is 0. The zero-order valence-electron chi connectivity index (χ0n) is 11.5. The molecule has 0 N–H and O–H groups in total. The molecule has 0 heterocycles. The predicted octanol–water partition coefficient (Wildman–Crippen LogP) is 4.38. The molecule has 23 heavy (non-hydrogen) atoms. The number of amides is 2. The van der Waals surface area contributed by atoms with Crippen molar-refractivity contribution in [3.05, 3.63) is 80.5 Å². The lowest BCUT2D eigenvalue weighted by atomic mass is 10.2. The van der Waals surface area contributed by atoms with Gasteiger partial charge in [0.15, 0.2) is 0 Å². The van der Waals surface area contributed by atoms with Crippen LogP contribution in [0.3, 0.4) is 0 Å². The van der Waals surface area contributed by atoms with E-state index in [4.69, 9.17) is 15.8 Å². The van der Waals surface area contributed by atoms with Crippen LogP contribution in [0.1, 0.15) is 20.7 Å². The Labute approximate surface area is 129 Å². The van der Waals surface area contributed by atoms with Crippen LogP contribution in [0.4, 0.5) is 0 Å². The van der Waals surface area contributed by atoms with Gasteiger partial charge in [-0.15, -0.1) is 0 Å². The minimum absolute atomic E-state index is 0.241. The topological polar surface area (TPSA) is 141 Å². The van der Waals surface area contributed by atoms with Gasteiger partial charge in [-0.3, -0.25) is 9.59 Å². The molecule has 0 aliphatic rings. The van der Waals surface area contributed by atoms with Crippen LogP contribution in [0.25, 0.3) is 20.9 Å². The minimum atomic E-state index is -0.681. The summed E-state index contributed by atoms with van der Waals surface area (Å²) in [5, 5.41) is 5.97. The van der Waals surface area contributed by atoms with Gasteiger partial charge in [0.05, 0.1) is 0 Å². The summed E-state index contributed by atoms with van der Waals surface area (Å²) >= 11 is 0. The largest absolute Gasteiger partial charge is 0.457 e. The average Bonchev–Trinajstić information content (AvgIpc) is 2.56. The van der Waals surface area contributed by atoms with Crippen molar-refractivity contribution in [3.63, 3.8) is 0 Å². The Morgan fingerprint density at radius 3 is 1.39 bits per heavy atom. The first-order valence-corrected chi connectivity index (χ1v) is 6.21. The molecule has 2 rings (SSSR count). The molecule has 2 amide bonds. The molecule has 0 radical (unpaired) electrons. The lowest BCUT2D eigenvalue weighted by molar-refractivity contribution is 0.0992. The van der Waals surface area contributed by atoms with Gasteiger partial charge in [-0.1, -0.05) is 0 Å². The summed E-state index contributed by atoms with van der Waals surface area (Å²) in [7, 11) is 0. The molecule has 0 atom stereocenters. The molecular weight excluding hydrogens is 300 g/mol. The number of azide groups is 2. The smallest absolute Gasteiger partial charge is 0.249 e. The highest BCUT2D eigenvalue weighted by Gasteiger charge is 2.05. The first-order chi connectivity index (χ1) is 11.1. The van der Waals surface area contributed by atoms with Gasteiger partial charge < -0.3 is 4.74 Å². The molecule has 0 fully saturated rings. The SMILES string of the molecule is [N-]=[N+]=NC(=O)c1ccc(Oc2ccc(C(=O)N=[N+]=[N-])cc2)cc1. The molecule has 0 saturated heterocycles. The quantitative estimate of drug-likeness (QED) is 0.469. The summed E-state index contributed by atoms with van der Waals surface area (Å²) in [6.07, 6.45) is 0. The Morgan fingerprint density at radius 1 is 0.739 bits per heavy atom. The van der Waals surface area contributed by atoms with Gasteiger partial charge in [0.1, 0.15) is 11.5 Å². The lowest BCUT2D eigenvalue weighted by Gasteiger charge is -2.06. The third kappa shape index (κ3) is 4.08. The van der Waals surface area contributed by atoms with Crippen molar-refractivity contribution in [3.8, 4) is 11.5 Å². The molecule has 9 nitrogen and oxygen atoms in total. The number of carbonyl (C=O) groups is 2. The van der Waals surface area contributed by atoms with Crippen molar-refractivity contribution >= 4 is 11.8 Å². The molecule has 0 aromatic heterocycles. The van der Waals surface area contributed by atoms with E-state index in [0.717, 1.165) is 0 Å². The van der Waals surface area contributed by atoms with E-state index in [1.165, 1.54) is 24.3 Å². The maximum Gasteiger partial charge on any atom is 0.249 e. The Hall–Kier alpha value is -3.80. The normalized spacial score (nSPS) is 9.22.